The fraction of sp³-hybridized carbons (Fsp3) is 0.571. The lowest BCUT2D eigenvalue weighted by molar-refractivity contribution is -0.134. The van der Waals surface area contributed by atoms with Crippen LogP contribution in [0.1, 0.15) is 65.5 Å². The zero-order chi connectivity index (χ0) is 29.8. The van der Waals surface area contributed by atoms with Gasteiger partial charge in [0.05, 0.1) is 17.3 Å². The summed E-state index contributed by atoms with van der Waals surface area (Å²) in [7, 11) is 1.86. The van der Waals surface area contributed by atoms with Crippen molar-refractivity contribution in [2.45, 2.75) is 71.4 Å². The quantitative estimate of drug-likeness (QED) is 0.400. The number of aryl methyl sites for hydroxylation is 1. The average Bonchev–Trinajstić information content (AvgIpc) is 3.25. The van der Waals surface area contributed by atoms with Gasteiger partial charge in [0.1, 0.15) is 22.4 Å². The number of nitrogens with one attached hydrogen (secondary N) is 2. The van der Waals surface area contributed by atoms with Gasteiger partial charge >= 0.3 is 6.09 Å². The largest absolute Gasteiger partial charge is 0.506 e. The number of phenolic OH excluding ortho intramolecular Hbond substituents is 1. The molecular formula is C28H39Cl2N5O5. The number of piperidine rings is 1. The molecular weight excluding hydrogens is 557 g/mol. The molecule has 1 aromatic carbocycles. The molecule has 1 fully saturated rings. The predicted molar refractivity (Wildman–Crippen MR) is 155 cm³/mol. The van der Waals surface area contributed by atoms with Gasteiger partial charge in [0.25, 0.3) is 0 Å². The monoisotopic (exact) mass is 595 g/mol. The van der Waals surface area contributed by atoms with Crippen LogP contribution in [0.2, 0.25) is 10.0 Å². The Balaban J connectivity index is 1.55. The summed E-state index contributed by atoms with van der Waals surface area (Å²) in [6.07, 6.45) is 1.22. The first-order valence-electron chi connectivity index (χ1n) is 13.4. The van der Waals surface area contributed by atoms with Crippen LogP contribution in [0.15, 0.2) is 18.2 Å². The van der Waals surface area contributed by atoms with E-state index in [2.05, 4.69) is 15.7 Å². The van der Waals surface area contributed by atoms with Gasteiger partial charge in [-0.3, -0.25) is 14.3 Å². The number of halogens is 2. The molecule has 0 aliphatic carbocycles. The number of aromatic hydroxyl groups is 1. The van der Waals surface area contributed by atoms with Crippen LogP contribution in [-0.4, -0.2) is 69.0 Å². The molecule has 1 aromatic heterocycles. The fourth-order valence-corrected chi connectivity index (χ4v) is 5.13. The number of hydrogen-bond acceptors (Lipinski definition) is 6. The van der Waals surface area contributed by atoms with Crippen molar-refractivity contribution in [3.8, 4) is 17.0 Å². The number of alkyl carbamates (subject to hydrolysis) is 1. The summed E-state index contributed by atoms with van der Waals surface area (Å²) in [4.78, 5) is 39.7. The molecule has 0 spiro atoms. The van der Waals surface area contributed by atoms with E-state index >= 15 is 0 Å². The molecule has 0 saturated carbocycles. The van der Waals surface area contributed by atoms with E-state index in [0.29, 0.717) is 30.8 Å². The van der Waals surface area contributed by atoms with Crippen LogP contribution in [0.4, 0.5) is 4.79 Å². The standard InChI is InChI=1S/C28H39Cl2N5O5/c1-16(2)13-20(32-27(39)40-28(3,4)5)26(38)31-15-23(37)35-11-9-17(10-12-35)21-14-19(33-34(21)6)18-7-8-22(36)25(30)24(18)29/h7-8,14,16-17,20,36H,9-13,15H2,1-6H3,(H,31,38)(H,32,39)/t20-/m0/s1. The number of aromatic nitrogens is 2. The van der Waals surface area contributed by atoms with Crippen molar-refractivity contribution in [1.82, 2.24) is 25.3 Å². The normalized spacial score (nSPS) is 15.2. The Hall–Kier alpha value is -2.98. The highest BCUT2D eigenvalue weighted by Gasteiger charge is 2.29. The molecule has 10 nitrogen and oxygen atoms in total. The molecule has 1 aliphatic heterocycles. The average molecular weight is 597 g/mol. The van der Waals surface area contributed by atoms with Gasteiger partial charge in [0.15, 0.2) is 0 Å². The third kappa shape index (κ3) is 8.27. The van der Waals surface area contributed by atoms with Crippen LogP contribution >= 0.6 is 23.2 Å². The second-order valence-electron chi connectivity index (χ2n) is 11.5. The highest BCUT2D eigenvalue weighted by molar-refractivity contribution is 6.44. The first-order chi connectivity index (χ1) is 18.7. The summed E-state index contributed by atoms with van der Waals surface area (Å²) in [5, 5.41) is 20.0. The SMILES string of the molecule is CC(C)C[C@H](NC(=O)OC(C)(C)C)C(=O)NCC(=O)N1CCC(c2cc(-c3ccc(O)c(Cl)c3Cl)nn2C)CC1. The third-order valence-corrected chi connectivity index (χ3v) is 7.52. The highest BCUT2D eigenvalue weighted by atomic mass is 35.5. The van der Waals surface area contributed by atoms with E-state index in [9.17, 15) is 19.5 Å². The number of nitrogens with zero attached hydrogens (tertiary/aromatic N) is 3. The summed E-state index contributed by atoms with van der Waals surface area (Å²) in [6.45, 7) is 10.1. The van der Waals surface area contributed by atoms with Crippen molar-refractivity contribution in [2.75, 3.05) is 19.6 Å². The predicted octanol–water partition coefficient (Wildman–Crippen LogP) is 4.86. The van der Waals surface area contributed by atoms with Gasteiger partial charge in [-0.15, -0.1) is 0 Å². The number of amides is 3. The molecule has 12 heteroatoms. The minimum absolute atomic E-state index is 0.0847. The van der Waals surface area contributed by atoms with E-state index in [-0.39, 0.29) is 40.1 Å². The van der Waals surface area contributed by atoms with Crippen LogP contribution in [0.25, 0.3) is 11.3 Å². The maximum Gasteiger partial charge on any atom is 0.408 e. The lowest BCUT2D eigenvalue weighted by Crippen LogP contribution is -2.51. The van der Waals surface area contributed by atoms with Gasteiger partial charge in [-0.2, -0.15) is 5.10 Å². The number of rotatable bonds is 8. The Morgan fingerprint density at radius 3 is 2.40 bits per heavy atom. The molecule has 3 N–H and O–H groups in total. The van der Waals surface area contributed by atoms with Gasteiger partial charge in [-0.1, -0.05) is 37.0 Å². The number of likely N-dealkylation sites (tertiary alicyclic amines) is 1. The van der Waals surface area contributed by atoms with Crippen LogP contribution in [0, 0.1) is 5.92 Å². The summed E-state index contributed by atoms with van der Waals surface area (Å²) >= 11 is 12.4. The zero-order valence-electron chi connectivity index (χ0n) is 23.9. The summed E-state index contributed by atoms with van der Waals surface area (Å²) in [5.41, 5.74) is 1.61. The highest BCUT2D eigenvalue weighted by Crippen LogP contribution is 2.39. The Labute approximate surface area is 245 Å². The van der Waals surface area contributed by atoms with Crippen molar-refractivity contribution < 1.29 is 24.2 Å². The van der Waals surface area contributed by atoms with Gasteiger partial charge in [-0.05, 0) is 64.2 Å². The van der Waals surface area contributed by atoms with E-state index in [4.69, 9.17) is 27.9 Å². The number of ether oxygens (including phenoxy) is 1. The number of carbonyl (C=O) groups excluding carboxylic acids is 3. The van der Waals surface area contributed by atoms with E-state index in [0.717, 1.165) is 18.5 Å². The van der Waals surface area contributed by atoms with Crippen LogP contribution in [-0.2, 0) is 21.4 Å². The van der Waals surface area contributed by atoms with Gasteiger partial charge in [0.2, 0.25) is 11.8 Å². The molecule has 1 aliphatic rings. The Bertz CT molecular complexity index is 1230. The molecule has 3 amide bonds. The minimum atomic E-state index is -0.801. The summed E-state index contributed by atoms with van der Waals surface area (Å²) < 4.78 is 7.09. The number of carbonyl (C=O) groups is 3. The Kier molecular flexibility index (Phi) is 10.3. The van der Waals surface area contributed by atoms with Crippen molar-refractivity contribution in [2.24, 2.45) is 13.0 Å². The molecule has 220 valence electrons. The number of benzene rings is 1. The Morgan fingerprint density at radius 1 is 1.15 bits per heavy atom. The Morgan fingerprint density at radius 2 is 1.80 bits per heavy atom. The first-order valence-corrected chi connectivity index (χ1v) is 14.2. The molecule has 3 rings (SSSR count). The molecule has 2 aromatic rings. The maximum atomic E-state index is 12.9. The van der Waals surface area contributed by atoms with E-state index in [1.165, 1.54) is 6.07 Å². The maximum absolute atomic E-state index is 12.9. The van der Waals surface area contributed by atoms with E-state index in [1.54, 1.807) is 36.4 Å². The second kappa shape index (κ2) is 13.1. The third-order valence-electron chi connectivity index (χ3n) is 6.65. The molecule has 0 bridgehead atoms. The van der Waals surface area contributed by atoms with Crippen LogP contribution < -0.4 is 10.6 Å². The van der Waals surface area contributed by atoms with Gasteiger partial charge in [0, 0.05) is 37.3 Å². The topological polar surface area (TPSA) is 126 Å². The lowest BCUT2D eigenvalue weighted by atomic mass is 9.92. The molecule has 40 heavy (non-hydrogen) atoms. The number of phenols is 1. The second-order valence-corrected chi connectivity index (χ2v) is 12.3. The number of hydrogen-bond donors (Lipinski definition) is 3. The fourth-order valence-electron chi connectivity index (χ4n) is 4.71. The summed E-state index contributed by atoms with van der Waals surface area (Å²) in [5.74, 6) is -0.351. The van der Waals surface area contributed by atoms with Crippen molar-refractivity contribution in [3.05, 3.63) is 33.9 Å². The van der Waals surface area contributed by atoms with Crippen molar-refractivity contribution in [1.29, 1.82) is 0 Å². The smallest absolute Gasteiger partial charge is 0.408 e. The lowest BCUT2D eigenvalue weighted by Gasteiger charge is -2.32. The van der Waals surface area contributed by atoms with Crippen LogP contribution in [0.3, 0.4) is 0 Å². The van der Waals surface area contributed by atoms with Gasteiger partial charge in [-0.25, -0.2) is 4.79 Å². The molecule has 1 atom stereocenters. The van der Waals surface area contributed by atoms with E-state index < -0.39 is 23.6 Å². The minimum Gasteiger partial charge on any atom is -0.506 e. The van der Waals surface area contributed by atoms with Crippen LogP contribution in [0.5, 0.6) is 5.75 Å². The first kappa shape index (κ1) is 31.5. The molecule has 0 radical (unpaired) electrons. The van der Waals surface area contributed by atoms with Crippen molar-refractivity contribution in [3.63, 3.8) is 0 Å². The van der Waals surface area contributed by atoms with Crippen molar-refractivity contribution >= 4 is 41.1 Å². The van der Waals surface area contributed by atoms with E-state index in [1.807, 2.05) is 27.0 Å². The summed E-state index contributed by atoms with van der Waals surface area (Å²) in [6, 6.07) is 4.33. The van der Waals surface area contributed by atoms with Gasteiger partial charge < -0.3 is 25.4 Å². The molecule has 1 saturated heterocycles. The molecule has 0 unspecified atom stereocenters. The zero-order valence-corrected chi connectivity index (χ0v) is 25.4. The molecule has 2 heterocycles.